The molecule has 0 atom stereocenters. The summed E-state index contributed by atoms with van der Waals surface area (Å²) in [6.07, 6.45) is -4.47. The van der Waals surface area contributed by atoms with Crippen LogP contribution in [0.25, 0.3) is 0 Å². The van der Waals surface area contributed by atoms with Crippen molar-refractivity contribution < 1.29 is 17.9 Å². The number of rotatable bonds is 5. The van der Waals surface area contributed by atoms with Crippen LogP contribution in [0.3, 0.4) is 0 Å². The average Bonchev–Trinajstić information content (AvgIpc) is 2.61. The van der Waals surface area contributed by atoms with E-state index in [9.17, 15) is 13.2 Å². The van der Waals surface area contributed by atoms with Gasteiger partial charge in [0.1, 0.15) is 11.6 Å². The van der Waals surface area contributed by atoms with Crippen LogP contribution in [0, 0.1) is 6.92 Å². The lowest BCUT2D eigenvalue weighted by molar-refractivity contribution is -0.136. The highest BCUT2D eigenvalue weighted by atomic mass is 19.4. The summed E-state index contributed by atoms with van der Waals surface area (Å²) < 4.78 is 44.6. The average molecular weight is 374 g/mol. The van der Waals surface area contributed by atoms with Gasteiger partial charge in [-0.05, 0) is 43.3 Å². The van der Waals surface area contributed by atoms with Crippen LogP contribution in [0.1, 0.15) is 11.3 Å². The highest BCUT2D eigenvalue weighted by molar-refractivity contribution is 5.63. The smallest absolute Gasteiger partial charge is 0.418 e. The fourth-order valence-corrected chi connectivity index (χ4v) is 2.47. The summed E-state index contributed by atoms with van der Waals surface area (Å²) in [7, 11) is 1.58. The molecule has 0 aliphatic carbocycles. The number of hydrogen-bond acceptors (Lipinski definition) is 5. The Hall–Kier alpha value is -3.29. The second-order valence-corrected chi connectivity index (χ2v) is 5.74. The maximum Gasteiger partial charge on any atom is 0.418 e. The number of para-hydroxylation sites is 1. The van der Waals surface area contributed by atoms with E-state index in [0.717, 1.165) is 11.8 Å². The maximum atomic E-state index is 13.2. The Morgan fingerprint density at radius 2 is 1.63 bits per heavy atom. The van der Waals surface area contributed by atoms with E-state index < -0.39 is 11.7 Å². The maximum absolute atomic E-state index is 13.2. The van der Waals surface area contributed by atoms with Crippen LogP contribution in [-0.4, -0.2) is 17.1 Å². The molecule has 0 amide bonds. The molecule has 140 valence electrons. The van der Waals surface area contributed by atoms with Gasteiger partial charge in [-0.15, -0.1) is 0 Å². The van der Waals surface area contributed by atoms with E-state index in [0.29, 0.717) is 17.3 Å². The zero-order valence-corrected chi connectivity index (χ0v) is 14.6. The first-order chi connectivity index (χ1) is 12.8. The lowest BCUT2D eigenvalue weighted by Gasteiger charge is -2.14. The Morgan fingerprint density at radius 3 is 2.30 bits per heavy atom. The number of nitrogens with zero attached hydrogens (tertiary/aromatic N) is 2. The molecular weight excluding hydrogens is 357 g/mol. The molecule has 0 radical (unpaired) electrons. The summed E-state index contributed by atoms with van der Waals surface area (Å²) in [5.74, 6) is 1.24. The van der Waals surface area contributed by atoms with E-state index in [1.165, 1.54) is 18.2 Å². The van der Waals surface area contributed by atoms with Crippen molar-refractivity contribution in [1.82, 2.24) is 9.97 Å². The fraction of sp³-hybridized carbons (Fsp3) is 0.158. The number of benzene rings is 2. The van der Waals surface area contributed by atoms with Gasteiger partial charge in [0.05, 0.1) is 18.4 Å². The Kier molecular flexibility index (Phi) is 5.16. The van der Waals surface area contributed by atoms with Gasteiger partial charge in [0.15, 0.2) is 0 Å². The van der Waals surface area contributed by atoms with E-state index in [1.54, 1.807) is 32.2 Å². The second kappa shape index (κ2) is 7.53. The van der Waals surface area contributed by atoms with Gasteiger partial charge in [0.25, 0.3) is 0 Å². The van der Waals surface area contributed by atoms with Crippen molar-refractivity contribution in [3.63, 3.8) is 0 Å². The number of anilines is 4. The highest BCUT2D eigenvalue weighted by Gasteiger charge is 2.33. The normalized spacial score (nSPS) is 11.1. The molecule has 0 aliphatic heterocycles. The molecule has 2 aromatic carbocycles. The topological polar surface area (TPSA) is 59.1 Å². The summed E-state index contributed by atoms with van der Waals surface area (Å²) >= 11 is 0. The van der Waals surface area contributed by atoms with Crippen LogP contribution in [-0.2, 0) is 6.18 Å². The van der Waals surface area contributed by atoms with Gasteiger partial charge in [-0.2, -0.15) is 18.2 Å². The number of aryl methyl sites for hydroxylation is 1. The van der Waals surface area contributed by atoms with Crippen LogP contribution in [0.2, 0.25) is 0 Å². The molecule has 3 aromatic rings. The lowest BCUT2D eigenvalue weighted by atomic mass is 10.1. The summed E-state index contributed by atoms with van der Waals surface area (Å²) in [6.45, 7) is 1.74. The molecule has 1 heterocycles. The minimum Gasteiger partial charge on any atom is -0.497 e. The molecular formula is C19H17F3N4O. The fourth-order valence-electron chi connectivity index (χ4n) is 2.47. The largest absolute Gasteiger partial charge is 0.497 e. The van der Waals surface area contributed by atoms with Crippen molar-refractivity contribution in [2.75, 3.05) is 17.7 Å². The third-order valence-electron chi connectivity index (χ3n) is 3.70. The number of alkyl halides is 3. The number of halogens is 3. The first-order valence-corrected chi connectivity index (χ1v) is 8.05. The van der Waals surface area contributed by atoms with Crippen LogP contribution < -0.4 is 15.4 Å². The van der Waals surface area contributed by atoms with Crippen LogP contribution in [0.15, 0.2) is 54.6 Å². The Morgan fingerprint density at radius 1 is 0.926 bits per heavy atom. The van der Waals surface area contributed by atoms with Gasteiger partial charge < -0.3 is 15.4 Å². The zero-order chi connectivity index (χ0) is 19.4. The zero-order valence-electron chi connectivity index (χ0n) is 14.6. The van der Waals surface area contributed by atoms with Crippen molar-refractivity contribution >= 4 is 23.1 Å². The first kappa shape index (κ1) is 18.5. The summed E-state index contributed by atoms with van der Waals surface area (Å²) in [4.78, 5) is 8.43. The molecule has 3 rings (SSSR count). The predicted octanol–water partition coefficient (Wildman–Crippen LogP) is 5.30. The van der Waals surface area contributed by atoms with Crippen LogP contribution in [0.5, 0.6) is 5.75 Å². The Bertz CT molecular complexity index is 927. The molecule has 0 saturated heterocycles. The van der Waals surface area contributed by atoms with Gasteiger partial charge in [-0.1, -0.05) is 12.1 Å². The predicted molar refractivity (Wildman–Crippen MR) is 97.8 cm³/mol. The number of methoxy groups -OCH3 is 1. The van der Waals surface area contributed by atoms with E-state index in [1.807, 2.05) is 12.1 Å². The summed E-state index contributed by atoms with van der Waals surface area (Å²) in [6, 6.07) is 14.1. The molecule has 0 spiro atoms. The van der Waals surface area contributed by atoms with E-state index in [-0.39, 0.29) is 11.6 Å². The molecule has 0 bridgehead atoms. The monoisotopic (exact) mass is 374 g/mol. The van der Waals surface area contributed by atoms with Gasteiger partial charge in [0.2, 0.25) is 5.95 Å². The molecule has 27 heavy (non-hydrogen) atoms. The van der Waals surface area contributed by atoms with Crippen molar-refractivity contribution in [1.29, 1.82) is 0 Å². The van der Waals surface area contributed by atoms with Crippen LogP contribution >= 0.6 is 0 Å². The molecule has 1 aromatic heterocycles. The third-order valence-corrected chi connectivity index (χ3v) is 3.70. The van der Waals surface area contributed by atoms with E-state index in [4.69, 9.17) is 4.74 Å². The number of hydrogen-bond donors (Lipinski definition) is 2. The van der Waals surface area contributed by atoms with Gasteiger partial charge in [-0.25, -0.2) is 4.98 Å². The molecule has 5 nitrogen and oxygen atoms in total. The number of aromatic nitrogens is 2. The van der Waals surface area contributed by atoms with Gasteiger partial charge in [-0.3, -0.25) is 0 Å². The summed E-state index contributed by atoms with van der Waals surface area (Å²) in [5, 5.41) is 5.76. The van der Waals surface area contributed by atoms with Crippen LogP contribution in [0.4, 0.5) is 36.3 Å². The van der Waals surface area contributed by atoms with E-state index >= 15 is 0 Å². The second-order valence-electron chi connectivity index (χ2n) is 5.74. The summed E-state index contributed by atoms with van der Waals surface area (Å²) in [5.41, 5.74) is 0.481. The van der Waals surface area contributed by atoms with Crippen molar-refractivity contribution in [2.24, 2.45) is 0 Å². The minimum absolute atomic E-state index is 0.0720. The SMILES string of the molecule is COc1ccc(Nc2cc(C)nc(Nc3ccccc3C(F)(F)F)n2)cc1. The standard InChI is InChI=1S/C19H17F3N4O/c1-12-11-17(24-13-7-9-14(27-2)10-8-13)26-18(23-12)25-16-6-4-3-5-15(16)19(20,21)22/h3-11H,1-2H3,(H2,23,24,25,26). The van der Waals surface area contributed by atoms with Gasteiger partial charge >= 0.3 is 6.18 Å². The molecule has 0 unspecified atom stereocenters. The molecule has 0 saturated carbocycles. The third kappa shape index (κ3) is 4.66. The van der Waals surface area contributed by atoms with Crippen molar-refractivity contribution in [3.05, 3.63) is 65.9 Å². The molecule has 2 N–H and O–H groups in total. The molecule has 8 heteroatoms. The minimum atomic E-state index is -4.47. The van der Waals surface area contributed by atoms with E-state index in [2.05, 4.69) is 20.6 Å². The highest BCUT2D eigenvalue weighted by Crippen LogP contribution is 2.35. The van der Waals surface area contributed by atoms with Crippen molar-refractivity contribution in [2.45, 2.75) is 13.1 Å². The lowest BCUT2D eigenvalue weighted by Crippen LogP contribution is -2.10. The number of nitrogens with one attached hydrogen (secondary N) is 2. The van der Waals surface area contributed by atoms with Crippen molar-refractivity contribution in [3.8, 4) is 5.75 Å². The first-order valence-electron chi connectivity index (χ1n) is 8.05. The van der Waals surface area contributed by atoms with Gasteiger partial charge in [0, 0.05) is 17.4 Å². The molecule has 0 aliphatic rings. The Balaban J connectivity index is 1.86. The number of ether oxygens (including phenoxy) is 1. The quantitative estimate of drug-likeness (QED) is 0.635. The molecule has 0 fully saturated rings. The Labute approximate surface area is 154 Å².